The first-order chi connectivity index (χ1) is 19.7. The molecule has 1 saturated heterocycles. The van der Waals surface area contributed by atoms with Crippen LogP contribution in [0.25, 0.3) is 11.0 Å². The number of nitrogens with zero attached hydrogens (tertiary/aromatic N) is 4. The van der Waals surface area contributed by atoms with Gasteiger partial charge in [0.1, 0.15) is 11.6 Å². The third-order valence-electron chi connectivity index (χ3n) is 11.3. The van der Waals surface area contributed by atoms with Crippen LogP contribution in [0.15, 0.2) is 21.5 Å². The van der Waals surface area contributed by atoms with Crippen LogP contribution in [0.4, 0.5) is 4.39 Å². The molecule has 0 aliphatic carbocycles. The summed E-state index contributed by atoms with van der Waals surface area (Å²) >= 11 is 0. The highest BCUT2D eigenvalue weighted by molar-refractivity contribution is 5.83. The first-order valence-electron chi connectivity index (χ1n) is 16.2. The number of piperidine rings is 1. The quantitative estimate of drug-likeness (QED) is 0.339. The number of aromatic nitrogens is 3. The SMILES string of the molecule is [2H]C([2H])([2H])c1nc2n(c(=O)c1C(C)CN1CCC(c3noc4cc(F)cc(C)c34)C(C)C1(C)C)C(C)C(C)(C)C(C)(C)C2. The van der Waals surface area contributed by atoms with Gasteiger partial charge < -0.3 is 4.52 Å². The molecule has 0 spiro atoms. The molecule has 2 aliphatic rings. The Morgan fingerprint density at radius 2 is 1.90 bits per heavy atom. The molecule has 0 N–H and O–H groups in total. The minimum Gasteiger partial charge on any atom is -0.356 e. The van der Waals surface area contributed by atoms with Gasteiger partial charge in [0.05, 0.1) is 5.69 Å². The van der Waals surface area contributed by atoms with E-state index in [9.17, 15) is 9.18 Å². The van der Waals surface area contributed by atoms with Crippen LogP contribution in [0.3, 0.4) is 0 Å². The summed E-state index contributed by atoms with van der Waals surface area (Å²) < 4.78 is 46.4. The van der Waals surface area contributed by atoms with Crippen molar-refractivity contribution >= 4 is 11.0 Å². The molecule has 3 aromatic rings. The number of hydrogen-bond acceptors (Lipinski definition) is 5. The molecule has 40 heavy (non-hydrogen) atoms. The zero-order chi connectivity index (χ0) is 32.0. The van der Waals surface area contributed by atoms with E-state index >= 15 is 0 Å². The van der Waals surface area contributed by atoms with Crippen LogP contribution in [0.5, 0.6) is 0 Å². The molecule has 2 aliphatic heterocycles. The van der Waals surface area contributed by atoms with E-state index in [0.717, 1.165) is 29.6 Å². The Hall–Kier alpha value is -2.54. The predicted octanol–water partition coefficient (Wildman–Crippen LogP) is 7.32. The van der Waals surface area contributed by atoms with Crippen molar-refractivity contribution < 1.29 is 13.0 Å². The maximum Gasteiger partial charge on any atom is 0.257 e. The molecule has 4 atom stereocenters. The fourth-order valence-corrected chi connectivity index (χ4v) is 7.32. The fourth-order valence-electron chi connectivity index (χ4n) is 7.32. The number of benzene rings is 1. The number of likely N-dealkylation sites (tertiary alicyclic amines) is 1. The van der Waals surface area contributed by atoms with Crippen LogP contribution >= 0.6 is 0 Å². The number of fused-ring (bicyclic) bond motifs is 2. The van der Waals surface area contributed by atoms with Crippen LogP contribution in [0.1, 0.15) is 119 Å². The van der Waals surface area contributed by atoms with Crippen molar-refractivity contribution in [2.24, 2.45) is 16.7 Å². The number of rotatable bonds is 4. The minimum atomic E-state index is -2.50. The second kappa shape index (κ2) is 9.50. The standard InChI is InChI=1S/C33H47FN4O2/c1-18-14-23(34)15-25-28(18)29(36-40-25)24-12-13-37(33(10,11)20(24)3)17-19(2)27-21(4)35-26-16-31(6,7)32(8,9)22(5)38(26)30(27)39/h14-15,19-20,22,24H,12-13,16-17H2,1-11H3/i4D3. The lowest BCUT2D eigenvalue weighted by Gasteiger charge is -2.51. The molecule has 0 bridgehead atoms. The van der Waals surface area contributed by atoms with Gasteiger partial charge in [0.2, 0.25) is 0 Å². The molecular weight excluding hydrogens is 503 g/mol. The van der Waals surface area contributed by atoms with Gasteiger partial charge in [0.25, 0.3) is 5.56 Å². The van der Waals surface area contributed by atoms with Crippen LogP contribution in [-0.4, -0.2) is 38.2 Å². The van der Waals surface area contributed by atoms with E-state index in [1.165, 1.54) is 12.1 Å². The average molecular weight is 554 g/mol. The predicted molar refractivity (Wildman–Crippen MR) is 159 cm³/mol. The summed E-state index contributed by atoms with van der Waals surface area (Å²) in [5.74, 6) is 0.135. The Kier molecular flexibility index (Phi) is 5.98. The normalized spacial score (nSPS) is 28.0. The average Bonchev–Trinajstić information content (AvgIpc) is 3.29. The Morgan fingerprint density at radius 3 is 2.58 bits per heavy atom. The van der Waals surface area contributed by atoms with Crippen molar-refractivity contribution in [1.29, 1.82) is 0 Å². The summed E-state index contributed by atoms with van der Waals surface area (Å²) in [5.41, 5.74) is 1.51. The van der Waals surface area contributed by atoms with E-state index in [2.05, 4.69) is 65.4 Å². The fraction of sp³-hybridized carbons (Fsp3) is 0.667. The van der Waals surface area contributed by atoms with E-state index < -0.39 is 6.85 Å². The topological polar surface area (TPSA) is 64.2 Å². The van der Waals surface area contributed by atoms with E-state index in [-0.39, 0.29) is 57.2 Å². The number of aryl methyl sites for hydroxylation is 2. The number of halogens is 1. The van der Waals surface area contributed by atoms with E-state index in [4.69, 9.17) is 13.6 Å². The van der Waals surface area contributed by atoms with Crippen molar-refractivity contribution in [3.63, 3.8) is 0 Å². The van der Waals surface area contributed by atoms with Crippen molar-refractivity contribution in [3.8, 4) is 0 Å². The monoisotopic (exact) mass is 553 g/mol. The summed E-state index contributed by atoms with van der Waals surface area (Å²) in [6.07, 6.45) is 1.35. The summed E-state index contributed by atoms with van der Waals surface area (Å²) in [6, 6.07) is 2.78. The summed E-state index contributed by atoms with van der Waals surface area (Å²) in [6.45, 7) is 19.9. The molecule has 6 nitrogen and oxygen atoms in total. The van der Waals surface area contributed by atoms with Crippen molar-refractivity contribution in [2.45, 2.75) is 112 Å². The molecule has 0 amide bonds. The Balaban J connectivity index is 1.50. The van der Waals surface area contributed by atoms with Crippen LogP contribution in [0.2, 0.25) is 0 Å². The van der Waals surface area contributed by atoms with Gasteiger partial charge in [0, 0.05) is 63.2 Å². The summed E-state index contributed by atoms with van der Waals surface area (Å²) in [7, 11) is 0. The van der Waals surface area contributed by atoms with E-state index in [1.54, 1.807) is 4.57 Å². The molecule has 5 rings (SSSR count). The van der Waals surface area contributed by atoms with E-state index in [1.807, 2.05) is 13.8 Å². The Bertz CT molecular complexity index is 1620. The molecule has 4 unspecified atom stereocenters. The highest BCUT2D eigenvalue weighted by Crippen LogP contribution is 2.51. The summed E-state index contributed by atoms with van der Waals surface area (Å²) in [4.78, 5) is 21.4. The molecule has 218 valence electrons. The van der Waals surface area contributed by atoms with Gasteiger partial charge in [-0.15, -0.1) is 0 Å². The van der Waals surface area contributed by atoms with Crippen LogP contribution in [-0.2, 0) is 6.42 Å². The first-order valence-corrected chi connectivity index (χ1v) is 14.7. The van der Waals surface area contributed by atoms with Crippen molar-refractivity contribution in [2.75, 3.05) is 13.1 Å². The van der Waals surface area contributed by atoms with E-state index in [0.29, 0.717) is 29.9 Å². The van der Waals surface area contributed by atoms with Gasteiger partial charge >= 0.3 is 0 Å². The van der Waals surface area contributed by atoms with Gasteiger partial charge in [-0.1, -0.05) is 46.7 Å². The second-order valence-electron chi connectivity index (χ2n) is 14.3. The zero-order valence-corrected chi connectivity index (χ0v) is 25.8. The molecule has 7 heteroatoms. The van der Waals surface area contributed by atoms with Gasteiger partial charge in [-0.25, -0.2) is 9.37 Å². The van der Waals surface area contributed by atoms with Crippen molar-refractivity contribution in [1.82, 2.24) is 19.6 Å². The van der Waals surface area contributed by atoms with Crippen LogP contribution in [0, 0.1) is 36.3 Å². The second-order valence-corrected chi connectivity index (χ2v) is 14.3. The lowest BCUT2D eigenvalue weighted by molar-refractivity contribution is 0.0102. The minimum absolute atomic E-state index is 0.0588. The van der Waals surface area contributed by atoms with Crippen molar-refractivity contribution in [3.05, 3.63) is 56.6 Å². The van der Waals surface area contributed by atoms with Crippen LogP contribution < -0.4 is 5.56 Å². The molecule has 2 aromatic heterocycles. The third kappa shape index (κ3) is 4.26. The van der Waals surface area contributed by atoms with Gasteiger partial charge in [0.15, 0.2) is 5.58 Å². The Labute approximate surface area is 242 Å². The molecule has 1 aromatic carbocycles. The van der Waals surface area contributed by atoms with Gasteiger partial charge in [-0.05, 0) is 75.9 Å². The smallest absolute Gasteiger partial charge is 0.257 e. The molecule has 1 fully saturated rings. The largest absolute Gasteiger partial charge is 0.356 e. The lowest BCUT2D eigenvalue weighted by Crippen LogP contribution is -2.56. The summed E-state index contributed by atoms with van der Waals surface area (Å²) in [5, 5.41) is 5.30. The molecule has 0 saturated carbocycles. The zero-order valence-electron chi connectivity index (χ0n) is 28.8. The highest BCUT2D eigenvalue weighted by Gasteiger charge is 2.48. The van der Waals surface area contributed by atoms with Gasteiger partial charge in [-0.3, -0.25) is 14.3 Å². The maximum atomic E-state index is 14.3. The third-order valence-corrected chi connectivity index (χ3v) is 11.3. The number of hydrogen-bond donors (Lipinski definition) is 0. The molecular formula is C33H47FN4O2. The Morgan fingerprint density at radius 1 is 1.20 bits per heavy atom. The molecule has 0 radical (unpaired) electrons. The lowest BCUT2D eigenvalue weighted by atomic mass is 9.60. The highest BCUT2D eigenvalue weighted by atomic mass is 19.1. The van der Waals surface area contributed by atoms with Gasteiger partial charge in [-0.2, -0.15) is 0 Å². The maximum absolute atomic E-state index is 14.3. The molecule has 4 heterocycles. The first kappa shape index (κ1) is 25.2.